The van der Waals surface area contributed by atoms with Gasteiger partial charge in [-0.25, -0.2) is 4.79 Å². The number of hydrogen-bond acceptors (Lipinski definition) is 3. The topological polar surface area (TPSA) is 50.1 Å². The van der Waals surface area contributed by atoms with Gasteiger partial charge < -0.3 is 4.74 Å². The second-order valence-electron chi connectivity index (χ2n) is 2.79. The number of esters is 1. The molecule has 0 aromatic rings. The highest BCUT2D eigenvalue weighted by atomic mass is 16.5. The largest absolute Gasteiger partial charge is 0.463 e. The van der Waals surface area contributed by atoms with Crippen molar-refractivity contribution in [1.29, 1.82) is 5.26 Å². The van der Waals surface area contributed by atoms with Gasteiger partial charge in [0.25, 0.3) is 0 Å². The average molecular weight is 209 g/mol. The second-order valence-corrected chi connectivity index (χ2v) is 2.79. The Morgan fingerprint density at radius 2 is 2.13 bits per heavy atom. The Hall–Kier alpha value is -1.56. The summed E-state index contributed by atoms with van der Waals surface area (Å²) in [6.45, 7) is 11.2. The minimum atomic E-state index is -0.330. The first kappa shape index (κ1) is 15.9. The Kier molecular flexibility index (Phi) is 13.2. The molecule has 0 fully saturated rings. The smallest absolute Gasteiger partial charge is 0.330 e. The fourth-order valence-corrected chi connectivity index (χ4v) is 0.455. The normalized spacial score (nSPS) is 7.80. The Bertz CT molecular complexity index is 238. The van der Waals surface area contributed by atoms with Gasteiger partial charge in [-0.15, -0.1) is 0 Å². The van der Waals surface area contributed by atoms with Crippen LogP contribution in [0.3, 0.4) is 0 Å². The van der Waals surface area contributed by atoms with E-state index in [-0.39, 0.29) is 5.97 Å². The summed E-state index contributed by atoms with van der Waals surface area (Å²) in [5.74, 6) is -0.330. The molecule has 0 atom stereocenters. The maximum absolute atomic E-state index is 10.3. The van der Waals surface area contributed by atoms with E-state index in [1.165, 1.54) is 6.08 Å². The number of rotatable bonds is 5. The van der Waals surface area contributed by atoms with Crippen molar-refractivity contribution < 1.29 is 9.53 Å². The molecule has 0 aliphatic rings. The molecule has 0 N–H and O–H groups in total. The third-order valence-electron chi connectivity index (χ3n) is 1.49. The third kappa shape index (κ3) is 15.2. The van der Waals surface area contributed by atoms with Gasteiger partial charge in [-0.3, -0.25) is 0 Å². The van der Waals surface area contributed by atoms with Gasteiger partial charge in [0.15, 0.2) is 0 Å². The lowest BCUT2D eigenvalue weighted by atomic mass is 10.3. The summed E-state index contributed by atoms with van der Waals surface area (Å²) in [5, 5.41) is 7.99. The van der Waals surface area contributed by atoms with E-state index in [1.807, 2.05) is 19.9 Å². The molecule has 0 saturated heterocycles. The molecule has 3 heteroatoms. The van der Waals surface area contributed by atoms with Crippen molar-refractivity contribution in [3.05, 3.63) is 24.8 Å². The lowest BCUT2D eigenvalue weighted by Gasteiger charge is -1.97. The minimum Gasteiger partial charge on any atom is -0.463 e. The number of carbonyl (C=O) groups is 1. The number of ether oxygens (including phenoxy) is 1. The summed E-state index contributed by atoms with van der Waals surface area (Å²) < 4.78 is 4.67. The molecule has 0 spiro atoms. The lowest BCUT2D eigenvalue weighted by Crippen LogP contribution is -2.00. The monoisotopic (exact) mass is 209 g/mol. The molecular formula is C12H19NO2. The fraction of sp³-hybridized carbons (Fsp3) is 0.500. The van der Waals surface area contributed by atoms with Crippen molar-refractivity contribution in [2.45, 2.75) is 33.1 Å². The van der Waals surface area contributed by atoms with Gasteiger partial charge >= 0.3 is 5.97 Å². The van der Waals surface area contributed by atoms with E-state index < -0.39 is 0 Å². The van der Waals surface area contributed by atoms with Gasteiger partial charge in [-0.1, -0.05) is 33.4 Å². The van der Waals surface area contributed by atoms with E-state index in [0.29, 0.717) is 12.2 Å². The minimum absolute atomic E-state index is 0.330. The molecule has 0 aromatic carbocycles. The molecule has 0 aliphatic carbocycles. The fourth-order valence-electron chi connectivity index (χ4n) is 0.455. The summed E-state index contributed by atoms with van der Waals surface area (Å²) in [6.07, 6.45) is 3.93. The SMILES string of the molecule is C=C(C#N)CC.C=CC(=O)OCCCC. The van der Waals surface area contributed by atoms with Crippen LogP contribution in [0.15, 0.2) is 24.8 Å². The summed E-state index contributed by atoms with van der Waals surface area (Å²) >= 11 is 0. The van der Waals surface area contributed by atoms with Crippen LogP contribution in [-0.4, -0.2) is 12.6 Å². The quantitative estimate of drug-likeness (QED) is 0.303. The standard InChI is InChI=1S/C7H12O2.C5H7N/c1-3-5-6-9-7(8)4-2;1-3-5(2)4-6/h4H,2-3,5-6H2,1H3;2-3H2,1H3. The van der Waals surface area contributed by atoms with E-state index >= 15 is 0 Å². The van der Waals surface area contributed by atoms with Crippen molar-refractivity contribution >= 4 is 5.97 Å². The van der Waals surface area contributed by atoms with Crippen molar-refractivity contribution in [1.82, 2.24) is 0 Å². The molecule has 0 heterocycles. The molecule has 0 radical (unpaired) electrons. The van der Waals surface area contributed by atoms with Crippen molar-refractivity contribution in [3.8, 4) is 6.07 Å². The number of unbranched alkanes of at least 4 members (excludes halogenated alkanes) is 1. The number of carbonyl (C=O) groups excluding carboxylic acids is 1. The van der Waals surface area contributed by atoms with Crippen LogP contribution in [0.5, 0.6) is 0 Å². The summed E-state index contributed by atoms with van der Waals surface area (Å²) in [6, 6.07) is 1.92. The molecule has 0 bridgehead atoms. The number of allylic oxidation sites excluding steroid dienone is 1. The number of nitriles is 1. The summed E-state index contributed by atoms with van der Waals surface area (Å²) in [4.78, 5) is 10.3. The molecule has 0 amide bonds. The predicted molar refractivity (Wildman–Crippen MR) is 61.1 cm³/mol. The molecule has 3 nitrogen and oxygen atoms in total. The van der Waals surface area contributed by atoms with Crippen molar-refractivity contribution in [3.63, 3.8) is 0 Å². The van der Waals surface area contributed by atoms with Gasteiger partial charge in [-0.05, 0) is 12.8 Å². The average Bonchev–Trinajstić information content (AvgIpc) is 2.28. The number of nitrogens with zero attached hydrogens (tertiary/aromatic N) is 1. The highest BCUT2D eigenvalue weighted by molar-refractivity contribution is 5.81. The zero-order chi connectivity index (χ0) is 12.1. The molecule has 0 rings (SSSR count). The van der Waals surface area contributed by atoms with Crippen LogP contribution in [0.25, 0.3) is 0 Å². The first-order chi connectivity index (χ1) is 7.12. The highest BCUT2D eigenvalue weighted by Gasteiger charge is 1.91. The van der Waals surface area contributed by atoms with Crippen LogP contribution in [0, 0.1) is 11.3 Å². The molecule has 15 heavy (non-hydrogen) atoms. The number of hydrogen-bond donors (Lipinski definition) is 0. The first-order valence-corrected chi connectivity index (χ1v) is 4.99. The van der Waals surface area contributed by atoms with Crippen LogP contribution >= 0.6 is 0 Å². The zero-order valence-electron chi connectivity index (χ0n) is 9.58. The molecule has 0 saturated carbocycles. The lowest BCUT2D eigenvalue weighted by molar-refractivity contribution is -0.137. The summed E-state index contributed by atoms with van der Waals surface area (Å²) in [5.41, 5.74) is 0.648. The van der Waals surface area contributed by atoms with Gasteiger partial charge in [0.05, 0.1) is 12.7 Å². The molecule has 84 valence electrons. The predicted octanol–water partition coefficient (Wildman–Crippen LogP) is 2.99. The maximum Gasteiger partial charge on any atom is 0.330 e. The van der Waals surface area contributed by atoms with Gasteiger partial charge in [0.1, 0.15) is 0 Å². The van der Waals surface area contributed by atoms with Crippen LogP contribution in [0.4, 0.5) is 0 Å². The molecule has 0 aromatic heterocycles. The van der Waals surface area contributed by atoms with E-state index in [9.17, 15) is 4.79 Å². The maximum atomic E-state index is 10.3. The first-order valence-electron chi connectivity index (χ1n) is 4.99. The second kappa shape index (κ2) is 12.4. The van der Waals surface area contributed by atoms with E-state index in [0.717, 1.165) is 19.3 Å². The van der Waals surface area contributed by atoms with Gasteiger partial charge in [0, 0.05) is 11.6 Å². The van der Waals surface area contributed by atoms with Crippen LogP contribution in [0.2, 0.25) is 0 Å². The molecular weight excluding hydrogens is 190 g/mol. The Balaban J connectivity index is 0. The molecule has 0 aliphatic heterocycles. The Morgan fingerprint density at radius 3 is 2.40 bits per heavy atom. The highest BCUT2D eigenvalue weighted by Crippen LogP contribution is 1.89. The zero-order valence-corrected chi connectivity index (χ0v) is 9.58. The Labute approximate surface area is 92.0 Å². The van der Waals surface area contributed by atoms with Gasteiger partial charge in [0.2, 0.25) is 0 Å². The van der Waals surface area contributed by atoms with Crippen molar-refractivity contribution in [2.24, 2.45) is 0 Å². The van der Waals surface area contributed by atoms with Crippen LogP contribution in [0.1, 0.15) is 33.1 Å². The third-order valence-corrected chi connectivity index (χ3v) is 1.49. The Morgan fingerprint density at radius 1 is 1.53 bits per heavy atom. The van der Waals surface area contributed by atoms with Crippen LogP contribution in [-0.2, 0) is 9.53 Å². The summed E-state index contributed by atoms with van der Waals surface area (Å²) in [7, 11) is 0. The molecule has 0 unspecified atom stereocenters. The van der Waals surface area contributed by atoms with Gasteiger partial charge in [-0.2, -0.15) is 5.26 Å². The van der Waals surface area contributed by atoms with Crippen molar-refractivity contribution in [2.75, 3.05) is 6.61 Å². The van der Waals surface area contributed by atoms with Crippen LogP contribution < -0.4 is 0 Å². The van der Waals surface area contributed by atoms with E-state index in [2.05, 4.69) is 17.9 Å². The van der Waals surface area contributed by atoms with E-state index in [4.69, 9.17) is 5.26 Å². The van der Waals surface area contributed by atoms with E-state index in [1.54, 1.807) is 0 Å².